The van der Waals surface area contributed by atoms with Crippen LogP contribution in [0.4, 0.5) is 0 Å². The van der Waals surface area contributed by atoms with Crippen LogP contribution in [-0.2, 0) is 6.54 Å². The highest BCUT2D eigenvalue weighted by Crippen LogP contribution is 2.10. The van der Waals surface area contributed by atoms with E-state index in [1.807, 2.05) is 24.3 Å². The molecular weight excluding hydrogens is 316 g/mol. The van der Waals surface area contributed by atoms with Crippen LogP contribution in [-0.4, -0.2) is 23.9 Å². The largest absolute Gasteiger partial charge is 0.497 e. The monoisotopic (exact) mass is 340 g/mol. The van der Waals surface area contributed by atoms with Crippen LogP contribution in [0.2, 0.25) is 0 Å². The number of ether oxygens (including phenoxy) is 1. The molecule has 1 aromatic carbocycles. The van der Waals surface area contributed by atoms with E-state index in [-0.39, 0.29) is 0 Å². The summed E-state index contributed by atoms with van der Waals surface area (Å²) >= 11 is 10.3. The van der Waals surface area contributed by atoms with Gasteiger partial charge in [0.15, 0.2) is 10.2 Å². The molecule has 1 aromatic rings. The Morgan fingerprint density at radius 3 is 2.23 bits per heavy atom. The van der Waals surface area contributed by atoms with Gasteiger partial charge in [0.05, 0.1) is 7.11 Å². The van der Waals surface area contributed by atoms with Crippen LogP contribution >= 0.6 is 24.4 Å². The second kappa shape index (κ2) is 11.0. The van der Waals surface area contributed by atoms with E-state index in [9.17, 15) is 0 Å². The minimum atomic E-state index is 0.494. The van der Waals surface area contributed by atoms with E-state index in [1.54, 1.807) is 7.11 Å². The summed E-state index contributed by atoms with van der Waals surface area (Å²) in [5.41, 5.74) is 6.83. The zero-order chi connectivity index (χ0) is 16.2. The fourth-order valence-electron chi connectivity index (χ4n) is 1.70. The standard InChI is InChI=1S/C15H24N4OS2/c1-3-4-5-10-16-14(21)18-19-15(22)17-11-12-6-8-13(20-2)9-7-12/h6-9H,3-5,10-11H2,1-2H3,(H2,16,18,21)(H2,17,19,22). The minimum absolute atomic E-state index is 0.494. The van der Waals surface area contributed by atoms with E-state index in [1.165, 1.54) is 12.8 Å². The number of hydrogen-bond donors (Lipinski definition) is 4. The Kier molecular flexibility index (Phi) is 9.25. The zero-order valence-corrected chi connectivity index (χ0v) is 14.7. The lowest BCUT2D eigenvalue weighted by atomic mass is 10.2. The topological polar surface area (TPSA) is 57.3 Å². The third kappa shape index (κ3) is 7.99. The molecule has 7 heteroatoms. The summed E-state index contributed by atoms with van der Waals surface area (Å²) in [6, 6.07) is 7.81. The lowest BCUT2D eigenvalue weighted by molar-refractivity contribution is 0.414. The van der Waals surface area contributed by atoms with Crippen molar-refractivity contribution in [3.63, 3.8) is 0 Å². The molecule has 0 aliphatic heterocycles. The molecule has 0 aliphatic carbocycles. The molecule has 1 rings (SSSR count). The van der Waals surface area contributed by atoms with Crippen LogP contribution in [0, 0.1) is 0 Å². The maximum absolute atomic E-state index is 5.18. The maximum atomic E-state index is 5.18. The van der Waals surface area contributed by atoms with E-state index < -0.39 is 0 Å². The summed E-state index contributed by atoms with van der Waals surface area (Å²) in [5.74, 6) is 0.839. The smallest absolute Gasteiger partial charge is 0.185 e. The van der Waals surface area contributed by atoms with Crippen molar-refractivity contribution in [1.82, 2.24) is 21.5 Å². The number of methoxy groups -OCH3 is 1. The highest BCUT2D eigenvalue weighted by atomic mass is 32.1. The molecule has 0 saturated heterocycles. The molecule has 0 bridgehead atoms. The van der Waals surface area contributed by atoms with Gasteiger partial charge in [-0.15, -0.1) is 0 Å². The molecule has 122 valence electrons. The molecule has 0 unspecified atom stereocenters. The third-order valence-corrected chi connectivity index (χ3v) is 3.46. The van der Waals surface area contributed by atoms with Crippen LogP contribution in [0.1, 0.15) is 31.7 Å². The molecule has 0 aliphatic rings. The van der Waals surface area contributed by atoms with Gasteiger partial charge in [-0.3, -0.25) is 10.9 Å². The Morgan fingerprint density at radius 1 is 1.00 bits per heavy atom. The first-order chi connectivity index (χ1) is 10.7. The van der Waals surface area contributed by atoms with Gasteiger partial charge in [-0.25, -0.2) is 0 Å². The number of rotatable bonds is 7. The van der Waals surface area contributed by atoms with Crippen molar-refractivity contribution in [2.24, 2.45) is 0 Å². The summed E-state index contributed by atoms with van der Waals surface area (Å²) in [5, 5.41) is 7.25. The molecule has 0 spiro atoms. The fourth-order valence-corrected chi connectivity index (χ4v) is 1.98. The first kappa shape index (κ1) is 18.4. The van der Waals surface area contributed by atoms with Gasteiger partial charge in [0, 0.05) is 13.1 Å². The van der Waals surface area contributed by atoms with Crippen LogP contribution in [0.15, 0.2) is 24.3 Å². The first-order valence-electron chi connectivity index (χ1n) is 7.36. The lowest BCUT2D eigenvalue weighted by Crippen LogP contribution is -2.50. The van der Waals surface area contributed by atoms with E-state index in [0.717, 1.165) is 24.3 Å². The van der Waals surface area contributed by atoms with Gasteiger partial charge < -0.3 is 15.4 Å². The van der Waals surface area contributed by atoms with Crippen molar-refractivity contribution >= 4 is 34.7 Å². The lowest BCUT2D eigenvalue weighted by Gasteiger charge is -2.14. The van der Waals surface area contributed by atoms with Crippen molar-refractivity contribution in [3.05, 3.63) is 29.8 Å². The van der Waals surface area contributed by atoms with Gasteiger partial charge in [-0.2, -0.15) is 0 Å². The van der Waals surface area contributed by atoms with E-state index in [4.69, 9.17) is 29.2 Å². The molecule has 0 amide bonds. The maximum Gasteiger partial charge on any atom is 0.185 e. The molecular formula is C15H24N4OS2. The second-order valence-electron chi connectivity index (χ2n) is 4.74. The van der Waals surface area contributed by atoms with Crippen molar-refractivity contribution in [2.45, 2.75) is 32.7 Å². The van der Waals surface area contributed by atoms with Crippen molar-refractivity contribution < 1.29 is 4.74 Å². The van der Waals surface area contributed by atoms with Gasteiger partial charge in [-0.1, -0.05) is 31.9 Å². The molecule has 0 saturated carbocycles. The molecule has 0 aromatic heterocycles. The second-order valence-corrected chi connectivity index (χ2v) is 5.56. The average molecular weight is 341 g/mol. The number of hydrazine groups is 1. The zero-order valence-electron chi connectivity index (χ0n) is 13.1. The Labute approximate surface area is 143 Å². The predicted molar refractivity (Wildman–Crippen MR) is 98.8 cm³/mol. The van der Waals surface area contributed by atoms with Crippen LogP contribution in [0.3, 0.4) is 0 Å². The Hall–Kier alpha value is -1.60. The molecule has 0 atom stereocenters. The number of benzene rings is 1. The summed E-state index contributed by atoms with van der Waals surface area (Å²) in [6.45, 7) is 3.67. The van der Waals surface area contributed by atoms with Crippen LogP contribution in [0.5, 0.6) is 5.75 Å². The van der Waals surface area contributed by atoms with E-state index in [2.05, 4.69) is 28.4 Å². The summed E-state index contributed by atoms with van der Waals surface area (Å²) in [6.07, 6.45) is 3.50. The van der Waals surface area contributed by atoms with Crippen LogP contribution in [0.25, 0.3) is 0 Å². The van der Waals surface area contributed by atoms with Crippen LogP contribution < -0.4 is 26.2 Å². The number of hydrogen-bond acceptors (Lipinski definition) is 3. The third-order valence-electron chi connectivity index (χ3n) is 2.97. The van der Waals surface area contributed by atoms with Crippen molar-refractivity contribution in [1.29, 1.82) is 0 Å². The molecule has 0 fully saturated rings. The summed E-state index contributed by atoms with van der Waals surface area (Å²) in [7, 11) is 1.65. The van der Waals surface area contributed by atoms with Gasteiger partial charge in [0.25, 0.3) is 0 Å². The summed E-state index contributed by atoms with van der Waals surface area (Å²) < 4.78 is 5.12. The van der Waals surface area contributed by atoms with E-state index in [0.29, 0.717) is 16.8 Å². The van der Waals surface area contributed by atoms with Crippen molar-refractivity contribution in [2.75, 3.05) is 13.7 Å². The molecule has 22 heavy (non-hydrogen) atoms. The highest BCUT2D eigenvalue weighted by Gasteiger charge is 1.99. The Balaban J connectivity index is 2.16. The minimum Gasteiger partial charge on any atom is -0.497 e. The molecule has 4 N–H and O–H groups in total. The predicted octanol–water partition coefficient (Wildman–Crippen LogP) is 2.23. The molecule has 0 radical (unpaired) electrons. The SMILES string of the molecule is CCCCCNC(=S)NNC(=S)NCc1ccc(OC)cc1. The molecule has 5 nitrogen and oxygen atoms in total. The normalized spacial score (nSPS) is 9.73. The van der Waals surface area contributed by atoms with Gasteiger partial charge >= 0.3 is 0 Å². The number of unbranched alkanes of at least 4 members (excludes halogenated alkanes) is 2. The Bertz CT molecular complexity index is 465. The van der Waals surface area contributed by atoms with Crippen molar-refractivity contribution in [3.8, 4) is 5.75 Å². The Morgan fingerprint density at radius 2 is 1.64 bits per heavy atom. The number of thiocarbonyl (C=S) groups is 2. The first-order valence-corrected chi connectivity index (χ1v) is 8.18. The van der Waals surface area contributed by atoms with Gasteiger partial charge in [0.2, 0.25) is 0 Å². The summed E-state index contributed by atoms with van der Waals surface area (Å²) in [4.78, 5) is 0. The highest BCUT2D eigenvalue weighted by molar-refractivity contribution is 7.80. The molecule has 0 heterocycles. The fraction of sp³-hybridized carbons (Fsp3) is 0.467. The van der Waals surface area contributed by atoms with Gasteiger partial charge in [-0.05, 0) is 48.6 Å². The van der Waals surface area contributed by atoms with E-state index >= 15 is 0 Å². The average Bonchev–Trinajstić information content (AvgIpc) is 2.55. The van der Waals surface area contributed by atoms with Gasteiger partial charge in [0.1, 0.15) is 5.75 Å². The quantitative estimate of drug-likeness (QED) is 0.345. The number of nitrogens with one attached hydrogen (secondary N) is 4.